The smallest absolute Gasteiger partial charge is 0.417 e. The van der Waals surface area contributed by atoms with Crippen molar-refractivity contribution in [1.29, 1.82) is 0 Å². The molecule has 39 heavy (non-hydrogen) atoms. The molecule has 3 unspecified atom stereocenters. The minimum atomic E-state index is -4.70. The number of aromatic amines is 1. The van der Waals surface area contributed by atoms with E-state index in [0.29, 0.717) is 19.4 Å². The van der Waals surface area contributed by atoms with Gasteiger partial charge < -0.3 is 25.2 Å². The summed E-state index contributed by atoms with van der Waals surface area (Å²) in [7, 11) is 1.40. The largest absolute Gasteiger partial charge is 0.481 e. The van der Waals surface area contributed by atoms with Gasteiger partial charge in [0.25, 0.3) is 0 Å². The molecule has 1 amide bonds. The lowest BCUT2D eigenvalue weighted by Crippen LogP contribution is -2.72. The molecule has 10 nitrogen and oxygen atoms in total. The summed E-state index contributed by atoms with van der Waals surface area (Å²) in [4.78, 5) is 30.1. The van der Waals surface area contributed by atoms with Gasteiger partial charge in [0.05, 0.1) is 31.1 Å². The Kier molecular flexibility index (Phi) is 7.14. The Balaban J connectivity index is 1.22. The molecule has 3 atom stereocenters. The summed E-state index contributed by atoms with van der Waals surface area (Å²) in [6, 6.07) is 2.32. The van der Waals surface area contributed by atoms with Crippen LogP contribution in [-0.4, -0.2) is 81.7 Å². The summed E-state index contributed by atoms with van der Waals surface area (Å²) in [6.07, 6.45) is -4.73. The second-order valence-corrected chi connectivity index (χ2v) is 10.5. The Morgan fingerprint density at radius 3 is 2.62 bits per heavy atom. The number of H-pyrrole nitrogens is 1. The fraction of sp³-hybridized carbons (Fsp3) is 0.600. The van der Waals surface area contributed by atoms with E-state index < -0.39 is 59.8 Å². The monoisotopic (exact) mass is 555 g/mol. The van der Waals surface area contributed by atoms with Crippen molar-refractivity contribution in [2.24, 2.45) is 5.92 Å². The van der Waals surface area contributed by atoms with Gasteiger partial charge in [-0.05, 0) is 51.1 Å². The number of nitrogens with one attached hydrogen (secondary N) is 3. The van der Waals surface area contributed by atoms with E-state index in [0.717, 1.165) is 6.20 Å². The summed E-state index contributed by atoms with van der Waals surface area (Å²) in [5.74, 6) is -1.63. The van der Waals surface area contributed by atoms with E-state index in [9.17, 15) is 32.3 Å². The third-order valence-electron chi connectivity index (χ3n) is 8.05. The molecule has 4 N–H and O–H groups in total. The van der Waals surface area contributed by atoms with Gasteiger partial charge in [-0.25, -0.2) is 9.37 Å². The van der Waals surface area contributed by atoms with Crippen LogP contribution in [0.2, 0.25) is 0 Å². The minimum absolute atomic E-state index is 0.0214. The van der Waals surface area contributed by atoms with E-state index in [2.05, 4.69) is 25.8 Å². The second kappa shape index (κ2) is 10.1. The SMILES string of the molecule is COc1cc(-c2cc(C(=O)C3OCC34CC(C(=O)NC3CCC(O)(C(F)(F)F)CC3)CCN4)n[nH]2)c(F)cn1. The van der Waals surface area contributed by atoms with Crippen LogP contribution in [0.5, 0.6) is 5.88 Å². The molecule has 0 aromatic carbocycles. The number of hydrogen-bond acceptors (Lipinski definition) is 8. The summed E-state index contributed by atoms with van der Waals surface area (Å²) < 4.78 is 64.2. The number of alkyl halides is 3. The fourth-order valence-electron chi connectivity index (χ4n) is 5.64. The van der Waals surface area contributed by atoms with Crippen LogP contribution in [0.3, 0.4) is 0 Å². The van der Waals surface area contributed by atoms with Gasteiger partial charge in [-0.2, -0.15) is 18.3 Å². The predicted octanol–water partition coefficient (Wildman–Crippen LogP) is 2.29. The lowest BCUT2D eigenvalue weighted by Gasteiger charge is -2.52. The average molecular weight is 556 g/mol. The maximum atomic E-state index is 14.3. The lowest BCUT2D eigenvalue weighted by atomic mass is 9.73. The molecule has 1 aliphatic carbocycles. The van der Waals surface area contributed by atoms with Crippen LogP contribution < -0.4 is 15.4 Å². The number of halogens is 4. The summed E-state index contributed by atoms with van der Waals surface area (Å²) in [6.45, 7) is 0.639. The van der Waals surface area contributed by atoms with Crippen LogP contribution in [0, 0.1) is 11.7 Å². The quantitative estimate of drug-likeness (QED) is 0.315. The fourth-order valence-corrected chi connectivity index (χ4v) is 5.64. The first-order chi connectivity index (χ1) is 18.4. The molecular weight excluding hydrogens is 526 g/mol. The van der Waals surface area contributed by atoms with E-state index >= 15 is 0 Å². The number of carbonyl (C=O) groups is 2. The highest BCUT2D eigenvalue weighted by atomic mass is 19.4. The summed E-state index contributed by atoms with van der Waals surface area (Å²) in [5, 5.41) is 22.7. The van der Waals surface area contributed by atoms with E-state index in [1.54, 1.807) is 0 Å². The second-order valence-electron chi connectivity index (χ2n) is 10.5. The third-order valence-corrected chi connectivity index (χ3v) is 8.05. The molecule has 4 heterocycles. The summed E-state index contributed by atoms with van der Waals surface area (Å²) in [5.41, 5.74) is -3.10. The molecule has 5 rings (SSSR count). The zero-order valence-electron chi connectivity index (χ0n) is 21.1. The van der Waals surface area contributed by atoms with Crippen LogP contribution >= 0.6 is 0 Å². The minimum Gasteiger partial charge on any atom is -0.481 e. The highest BCUT2D eigenvalue weighted by Gasteiger charge is 2.57. The lowest BCUT2D eigenvalue weighted by molar-refractivity contribution is -0.270. The number of ketones is 1. The van der Waals surface area contributed by atoms with Crippen LogP contribution in [0.15, 0.2) is 18.3 Å². The maximum Gasteiger partial charge on any atom is 0.417 e. The van der Waals surface area contributed by atoms with Crippen molar-refractivity contribution in [3.05, 3.63) is 29.8 Å². The van der Waals surface area contributed by atoms with Crippen molar-refractivity contribution in [3.63, 3.8) is 0 Å². The van der Waals surface area contributed by atoms with Crippen molar-refractivity contribution in [3.8, 4) is 17.1 Å². The van der Waals surface area contributed by atoms with Crippen LogP contribution in [0.4, 0.5) is 17.6 Å². The van der Waals surface area contributed by atoms with Crippen molar-refractivity contribution in [2.45, 2.75) is 68.0 Å². The molecule has 0 radical (unpaired) electrons. The molecule has 212 valence electrons. The maximum absolute atomic E-state index is 14.3. The zero-order valence-corrected chi connectivity index (χ0v) is 21.1. The Labute approximate surface area is 220 Å². The average Bonchev–Trinajstić information content (AvgIpc) is 3.39. The van der Waals surface area contributed by atoms with Gasteiger partial charge in [0.2, 0.25) is 17.6 Å². The topological polar surface area (TPSA) is 138 Å². The number of hydrogen-bond donors (Lipinski definition) is 4. The van der Waals surface area contributed by atoms with Gasteiger partial charge in [-0.1, -0.05) is 0 Å². The molecular formula is C25H29F4N5O5. The normalized spacial score (nSPS) is 31.0. The van der Waals surface area contributed by atoms with E-state index in [4.69, 9.17) is 9.47 Å². The number of Topliss-reactive ketones (excluding diaryl/α,β-unsaturated/α-hetero) is 1. The number of ether oxygens (including phenoxy) is 2. The van der Waals surface area contributed by atoms with E-state index in [-0.39, 0.29) is 48.2 Å². The van der Waals surface area contributed by atoms with E-state index in [1.807, 2.05) is 0 Å². The number of carbonyl (C=O) groups excluding carboxylic acids is 2. The summed E-state index contributed by atoms with van der Waals surface area (Å²) >= 11 is 0. The zero-order chi connectivity index (χ0) is 28.0. The molecule has 3 fully saturated rings. The molecule has 2 saturated heterocycles. The molecule has 0 bridgehead atoms. The van der Waals surface area contributed by atoms with Gasteiger partial charge in [-0.15, -0.1) is 0 Å². The van der Waals surface area contributed by atoms with Gasteiger partial charge in [0.1, 0.15) is 11.8 Å². The number of amides is 1. The molecule has 2 aromatic rings. The van der Waals surface area contributed by atoms with Crippen molar-refractivity contribution >= 4 is 11.7 Å². The molecule has 1 spiro atoms. The molecule has 1 saturated carbocycles. The Hall–Kier alpha value is -3.10. The molecule has 2 aliphatic heterocycles. The third kappa shape index (κ3) is 5.12. The number of aromatic nitrogens is 3. The predicted molar refractivity (Wildman–Crippen MR) is 127 cm³/mol. The number of methoxy groups -OCH3 is 1. The highest BCUT2D eigenvalue weighted by molar-refractivity contribution is 6.00. The van der Waals surface area contributed by atoms with Crippen molar-refractivity contribution < 1.29 is 41.7 Å². The van der Waals surface area contributed by atoms with Gasteiger partial charge >= 0.3 is 6.18 Å². The van der Waals surface area contributed by atoms with Crippen LogP contribution in [-0.2, 0) is 9.53 Å². The first-order valence-corrected chi connectivity index (χ1v) is 12.7. The van der Waals surface area contributed by atoms with Gasteiger partial charge in [-0.3, -0.25) is 14.7 Å². The number of pyridine rings is 1. The van der Waals surface area contributed by atoms with Crippen LogP contribution in [0.25, 0.3) is 11.3 Å². The molecule has 14 heteroatoms. The van der Waals surface area contributed by atoms with Crippen molar-refractivity contribution in [1.82, 2.24) is 25.8 Å². The van der Waals surface area contributed by atoms with Crippen molar-refractivity contribution in [2.75, 3.05) is 20.3 Å². The first kappa shape index (κ1) is 27.5. The van der Waals surface area contributed by atoms with Crippen LogP contribution in [0.1, 0.15) is 49.0 Å². The Morgan fingerprint density at radius 1 is 1.23 bits per heavy atom. The van der Waals surface area contributed by atoms with Gasteiger partial charge in [0, 0.05) is 23.6 Å². The Bertz CT molecular complexity index is 1250. The molecule has 2 aromatic heterocycles. The number of aliphatic hydroxyl groups is 1. The molecule has 3 aliphatic rings. The highest BCUT2D eigenvalue weighted by Crippen LogP contribution is 2.42. The number of rotatable bonds is 6. The standard InChI is InChI=1S/C25H29F4N5O5/c1-38-19-8-15(16(26)11-30-19)17-9-18(34-33-17)20(35)21-23(12-39-21)10-13(4-7-31-23)22(36)32-14-2-5-24(37,6-3-14)25(27,28)29/h8-9,11,13-14,21,31,37H,2-7,10,12H2,1H3,(H,32,36)(H,33,34). The van der Waals surface area contributed by atoms with Gasteiger partial charge in [0.15, 0.2) is 11.4 Å². The van der Waals surface area contributed by atoms with E-state index in [1.165, 1.54) is 19.2 Å². The number of nitrogens with zero attached hydrogens (tertiary/aromatic N) is 2. The number of piperidine rings is 1. The first-order valence-electron chi connectivity index (χ1n) is 12.7. The Morgan fingerprint density at radius 2 is 1.97 bits per heavy atom.